The molecule has 0 spiro atoms. The van der Waals surface area contributed by atoms with Gasteiger partial charge in [0.05, 0.1) is 11.6 Å². The van der Waals surface area contributed by atoms with Gasteiger partial charge in [-0.2, -0.15) is 8.78 Å². The highest BCUT2D eigenvalue weighted by Crippen LogP contribution is 2.31. The van der Waals surface area contributed by atoms with E-state index in [9.17, 15) is 23.1 Å². The standard InChI is InChI=1S/C34H31F3N2O4/c35-28-19-23(11-14-30(28)43-22-34(36,37)25-9-5-2-6-10-25)17-18-38-20-29(40)26-12-15-31(33-27(26)13-16-32(41)39-33)42-21-24-7-3-1-4-8-24/h1-16,19,29,38,40H,17-18,20-22H2,(H,39,41). The van der Waals surface area contributed by atoms with Gasteiger partial charge in [0.2, 0.25) is 5.56 Å². The van der Waals surface area contributed by atoms with E-state index in [0.29, 0.717) is 47.4 Å². The minimum Gasteiger partial charge on any atom is -0.487 e. The van der Waals surface area contributed by atoms with Crippen LogP contribution in [0.15, 0.2) is 108 Å². The molecule has 5 rings (SSSR count). The van der Waals surface area contributed by atoms with Gasteiger partial charge in [0, 0.05) is 23.6 Å². The summed E-state index contributed by atoms with van der Waals surface area (Å²) in [6.45, 7) is -0.0217. The van der Waals surface area contributed by atoms with Crippen LogP contribution in [0.5, 0.6) is 11.5 Å². The number of hydrogen-bond acceptors (Lipinski definition) is 5. The molecule has 0 fully saturated rings. The number of nitrogens with one attached hydrogen (secondary N) is 2. The van der Waals surface area contributed by atoms with Gasteiger partial charge in [-0.15, -0.1) is 0 Å². The summed E-state index contributed by atoms with van der Waals surface area (Å²) < 4.78 is 54.4. The normalized spacial score (nSPS) is 12.3. The summed E-state index contributed by atoms with van der Waals surface area (Å²) in [5.41, 5.74) is 2.26. The van der Waals surface area contributed by atoms with E-state index < -0.39 is 24.5 Å². The number of aromatic amines is 1. The molecule has 1 heterocycles. The monoisotopic (exact) mass is 588 g/mol. The van der Waals surface area contributed by atoms with Crippen LogP contribution in [0.3, 0.4) is 0 Å². The van der Waals surface area contributed by atoms with Gasteiger partial charge in [-0.05, 0) is 53.9 Å². The van der Waals surface area contributed by atoms with E-state index in [2.05, 4.69) is 10.3 Å². The predicted octanol–water partition coefficient (Wildman–Crippen LogP) is 6.28. The van der Waals surface area contributed by atoms with Gasteiger partial charge in [-0.1, -0.05) is 72.8 Å². The number of aromatic nitrogens is 1. The Labute approximate surface area is 246 Å². The molecule has 0 amide bonds. The molecule has 3 N–H and O–H groups in total. The molecule has 1 atom stereocenters. The molecule has 0 saturated carbocycles. The highest BCUT2D eigenvalue weighted by atomic mass is 19.3. The maximum atomic E-state index is 14.6. The average Bonchev–Trinajstić information content (AvgIpc) is 3.02. The third-order valence-electron chi connectivity index (χ3n) is 7.02. The number of H-pyrrole nitrogens is 1. The lowest BCUT2D eigenvalue weighted by Gasteiger charge is -2.18. The van der Waals surface area contributed by atoms with E-state index in [-0.39, 0.29) is 23.4 Å². The van der Waals surface area contributed by atoms with Gasteiger partial charge in [0.25, 0.3) is 0 Å². The SMILES string of the molecule is O=c1ccc2c(C(O)CNCCc3ccc(OCC(F)(F)c4ccccc4)c(F)c3)ccc(OCc3ccccc3)c2[nH]1. The number of alkyl halides is 2. The molecule has 0 saturated heterocycles. The Morgan fingerprint density at radius 1 is 0.837 bits per heavy atom. The lowest BCUT2D eigenvalue weighted by molar-refractivity contribution is -0.0475. The third-order valence-corrected chi connectivity index (χ3v) is 7.02. The van der Waals surface area contributed by atoms with Crippen LogP contribution in [-0.2, 0) is 19.0 Å². The first-order valence-electron chi connectivity index (χ1n) is 13.9. The van der Waals surface area contributed by atoms with Crippen LogP contribution in [-0.4, -0.2) is 29.8 Å². The molecule has 0 aliphatic heterocycles. The lowest BCUT2D eigenvalue weighted by Crippen LogP contribution is -2.24. The number of benzene rings is 4. The number of aliphatic hydroxyl groups excluding tert-OH is 1. The molecule has 222 valence electrons. The van der Waals surface area contributed by atoms with Crippen molar-refractivity contribution in [3.8, 4) is 11.5 Å². The Morgan fingerprint density at radius 2 is 1.56 bits per heavy atom. The Morgan fingerprint density at radius 3 is 2.30 bits per heavy atom. The Bertz CT molecular complexity index is 1710. The van der Waals surface area contributed by atoms with Crippen molar-refractivity contribution in [2.24, 2.45) is 0 Å². The zero-order chi connectivity index (χ0) is 30.2. The molecule has 0 aliphatic rings. The number of hydrogen-bond donors (Lipinski definition) is 3. The molecular formula is C34H31F3N2O4. The molecule has 0 aliphatic carbocycles. The van der Waals surface area contributed by atoms with Gasteiger partial charge >= 0.3 is 5.92 Å². The predicted molar refractivity (Wildman–Crippen MR) is 159 cm³/mol. The smallest absolute Gasteiger partial charge is 0.306 e. The van der Waals surface area contributed by atoms with E-state index in [0.717, 1.165) is 5.56 Å². The molecule has 43 heavy (non-hydrogen) atoms. The molecule has 0 bridgehead atoms. The van der Waals surface area contributed by atoms with E-state index in [1.54, 1.807) is 30.3 Å². The second-order valence-electron chi connectivity index (χ2n) is 10.1. The fourth-order valence-corrected chi connectivity index (χ4v) is 4.73. The van der Waals surface area contributed by atoms with Crippen LogP contribution in [0, 0.1) is 5.82 Å². The molecule has 1 aromatic heterocycles. The van der Waals surface area contributed by atoms with Crippen LogP contribution in [0.25, 0.3) is 10.9 Å². The summed E-state index contributed by atoms with van der Waals surface area (Å²) in [6.07, 6.45) is -0.458. The molecule has 9 heteroatoms. The van der Waals surface area contributed by atoms with E-state index in [1.807, 2.05) is 30.3 Å². The van der Waals surface area contributed by atoms with Gasteiger partial charge in [-0.3, -0.25) is 4.79 Å². The molecular weight excluding hydrogens is 557 g/mol. The number of fused-ring (bicyclic) bond motifs is 1. The summed E-state index contributed by atoms with van der Waals surface area (Å²) in [5.74, 6) is -3.73. The molecule has 1 unspecified atom stereocenters. The second kappa shape index (κ2) is 13.6. The zero-order valence-electron chi connectivity index (χ0n) is 23.2. The van der Waals surface area contributed by atoms with E-state index in [1.165, 1.54) is 42.5 Å². The second-order valence-corrected chi connectivity index (χ2v) is 10.1. The highest BCUT2D eigenvalue weighted by Gasteiger charge is 2.32. The third kappa shape index (κ3) is 7.63. The van der Waals surface area contributed by atoms with Crippen molar-refractivity contribution >= 4 is 10.9 Å². The first-order chi connectivity index (χ1) is 20.8. The summed E-state index contributed by atoms with van der Waals surface area (Å²) in [4.78, 5) is 14.9. The average molecular weight is 589 g/mol. The summed E-state index contributed by atoms with van der Waals surface area (Å²) >= 11 is 0. The maximum Gasteiger partial charge on any atom is 0.306 e. The molecule has 4 aromatic carbocycles. The van der Waals surface area contributed by atoms with Gasteiger partial charge in [-0.25, -0.2) is 4.39 Å². The number of pyridine rings is 1. The first kappa shape index (κ1) is 29.9. The van der Waals surface area contributed by atoms with Crippen molar-refractivity contribution in [1.82, 2.24) is 10.3 Å². The number of rotatable bonds is 13. The number of aliphatic hydroxyl groups is 1. The van der Waals surface area contributed by atoms with E-state index >= 15 is 0 Å². The minimum absolute atomic E-state index is 0.200. The van der Waals surface area contributed by atoms with Crippen molar-refractivity contribution in [2.75, 3.05) is 19.7 Å². The zero-order valence-corrected chi connectivity index (χ0v) is 23.2. The quantitative estimate of drug-likeness (QED) is 0.141. The topological polar surface area (TPSA) is 83.6 Å². The number of ether oxygens (including phenoxy) is 2. The van der Waals surface area contributed by atoms with Crippen molar-refractivity contribution in [3.63, 3.8) is 0 Å². The van der Waals surface area contributed by atoms with Crippen molar-refractivity contribution in [2.45, 2.75) is 25.1 Å². The lowest BCUT2D eigenvalue weighted by atomic mass is 10.0. The summed E-state index contributed by atoms with van der Waals surface area (Å²) in [7, 11) is 0. The van der Waals surface area contributed by atoms with Crippen molar-refractivity contribution in [1.29, 1.82) is 0 Å². The molecule has 0 radical (unpaired) electrons. The molecule has 6 nitrogen and oxygen atoms in total. The van der Waals surface area contributed by atoms with Gasteiger partial charge < -0.3 is 24.9 Å². The van der Waals surface area contributed by atoms with Gasteiger partial charge in [0.1, 0.15) is 12.4 Å². The first-order valence-corrected chi connectivity index (χ1v) is 13.9. The Balaban J connectivity index is 1.15. The largest absolute Gasteiger partial charge is 0.487 e. The Hall–Kier alpha value is -4.60. The number of halogens is 3. The molecule has 5 aromatic rings. The van der Waals surface area contributed by atoms with Gasteiger partial charge in [0.15, 0.2) is 18.2 Å². The van der Waals surface area contributed by atoms with E-state index in [4.69, 9.17) is 9.47 Å². The van der Waals surface area contributed by atoms with Crippen LogP contribution in [0.1, 0.15) is 28.4 Å². The van der Waals surface area contributed by atoms with Crippen molar-refractivity contribution in [3.05, 3.63) is 142 Å². The minimum atomic E-state index is -3.26. The fraction of sp³-hybridized carbons (Fsp3) is 0.206. The maximum absolute atomic E-state index is 14.6. The van der Waals surface area contributed by atoms with Crippen LogP contribution in [0.2, 0.25) is 0 Å². The van der Waals surface area contributed by atoms with Crippen LogP contribution in [0.4, 0.5) is 13.2 Å². The Kier molecular flexibility index (Phi) is 9.44. The fourth-order valence-electron chi connectivity index (χ4n) is 4.73. The van der Waals surface area contributed by atoms with Crippen LogP contribution >= 0.6 is 0 Å². The highest BCUT2D eigenvalue weighted by molar-refractivity contribution is 5.87. The summed E-state index contributed by atoms with van der Waals surface area (Å²) in [6, 6.07) is 27.7. The van der Waals surface area contributed by atoms with Crippen molar-refractivity contribution < 1.29 is 27.8 Å². The summed E-state index contributed by atoms with van der Waals surface area (Å²) in [5, 5.41) is 14.8. The van der Waals surface area contributed by atoms with Crippen LogP contribution < -0.4 is 20.3 Å².